The molecule has 3 nitrogen and oxygen atoms in total. The lowest BCUT2D eigenvalue weighted by atomic mass is 9.88. The Hall–Kier alpha value is -1.06. The fraction of sp³-hybridized carbons (Fsp3) is 0.538. The van der Waals surface area contributed by atoms with E-state index in [1.54, 1.807) is 7.11 Å². The van der Waals surface area contributed by atoms with Crippen molar-refractivity contribution in [3.8, 4) is 5.75 Å². The van der Waals surface area contributed by atoms with Gasteiger partial charge >= 0.3 is 0 Å². The molecule has 3 heteroatoms. The Labute approximate surface area is 96.4 Å². The standard InChI is InChI=1S/C13H19NO2/c1-16-9-11-3-2-4-12(13(11)15)10-5-7-14-8-6-10/h2-4,10,14-15H,5-9H2,1H3. The molecule has 1 aromatic rings. The molecule has 0 amide bonds. The number of rotatable bonds is 3. The van der Waals surface area contributed by atoms with Gasteiger partial charge in [0.15, 0.2) is 0 Å². The van der Waals surface area contributed by atoms with E-state index in [-0.39, 0.29) is 0 Å². The van der Waals surface area contributed by atoms with Crippen LogP contribution in [0.5, 0.6) is 5.75 Å². The highest BCUT2D eigenvalue weighted by atomic mass is 16.5. The van der Waals surface area contributed by atoms with Crippen molar-refractivity contribution in [3.63, 3.8) is 0 Å². The number of aromatic hydroxyl groups is 1. The normalized spacial score (nSPS) is 17.6. The lowest BCUT2D eigenvalue weighted by Crippen LogP contribution is -2.26. The molecule has 0 radical (unpaired) electrons. The van der Waals surface area contributed by atoms with E-state index in [2.05, 4.69) is 5.32 Å². The summed E-state index contributed by atoms with van der Waals surface area (Å²) >= 11 is 0. The smallest absolute Gasteiger partial charge is 0.124 e. The molecular weight excluding hydrogens is 202 g/mol. The first-order chi connectivity index (χ1) is 7.83. The summed E-state index contributed by atoms with van der Waals surface area (Å²) in [5.74, 6) is 0.911. The van der Waals surface area contributed by atoms with Gasteiger partial charge in [0.05, 0.1) is 6.61 Å². The predicted octanol–water partition coefficient (Wildman–Crippen LogP) is 2.01. The van der Waals surface area contributed by atoms with Gasteiger partial charge in [0.2, 0.25) is 0 Å². The van der Waals surface area contributed by atoms with Crippen LogP contribution in [-0.2, 0) is 11.3 Å². The van der Waals surface area contributed by atoms with Gasteiger partial charge in [-0.05, 0) is 37.4 Å². The SMILES string of the molecule is COCc1cccc(C2CCNCC2)c1O. The Morgan fingerprint density at radius 3 is 2.81 bits per heavy atom. The van der Waals surface area contributed by atoms with Crippen molar-refractivity contribution < 1.29 is 9.84 Å². The van der Waals surface area contributed by atoms with Crippen molar-refractivity contribution in [2.45, 2.75) is 25.4 Å². The summed E-state index contributed by atoms with van der Waals surface area (Å²) < 4.78 is 5.08. The molecule has 1 saturated heterocycles. The van der Waals surface area contributed by atoms with E-state index in [0.29, 0.717) is 18.3 Å². The van der Waals surface area contributed by atoms with Gasteiger partial charge in [-0.1, -0.05) is 18.2 Å². The third-order valence-corrected chi connectivity index (χ3v) is 3.23. The number of piperidine rings is 1. The molecule has 0 atom stereocenters. The number of ether oxygens (including phenoxy) is 1. The van der Waals surface area contributed by atoms with Crippen LogP contribution in [0.25, 0.3) is 0 Å². The zero-order valence-electron chi connectivity index (χ0n) is 9.70. The summed E-state index contributed by atoms with van der Waals surface area (Å²) in [6.07, 6.45) is 2.20. The van der Waals surface area contributed by atoms with Gasteiger partial charge in [0.25, 0.3) is 0 Å². The third-order valence-electron chi connectivity index (χ3n) is 3.23. The van der Waals surface area contributed by atoms with Crippen molar-refractivity contribution in [1.82, 2.24) is 5.32 Å². The molecule has 2 rings (SSSR count). The number of phenols is 1. The van der Waals surface area contributed by atoms with E-state index in [1.165, 1.54) is 0 Å². The van der Waals surface area contributed by atoms with Crippen LogP contribution in [0, 0.1) is 0 Å². The maximum absolute atomic E-state index is 10.2. The first-order valence-electron chi connectivity index (χ1n) is 5.83. The molecule has 16 heavy (non-hydrogen) atoms. The van der Waals surface area contributed by atoms with Crippen molar-refractivity contribution in [2.24, 2.45) is 0 Å². The average molecular weight is 221 g/mol. The molecule has 1 aliphatic rings. The van der Waals surface area contributed by atoms with Crippen molar-refractivity contribution in [3.05, 3.63) is 29.3 Å². The van der Waals surface area contributed by atoms with Crippen LogP contribution in [0.2, 0.25) is 0 Å². The average Bonchev–Trinajstić information content (AvgIpc) is 2.33. The van der Waals surface area contributed by atoms with Crippen LogP contribution in [0.4, 0.5) is 0 Å². The Morgan fingerprint density at radius 1 is 1.38 bits per heavy atom. The fourth-order valence-corrected chi connectivity index (χ4v) is 2.35. The first-order valence-corrected chi connectivity index (χ1v) is 5.83. The number of benzene rings is 1. The van der Waals surface area contributed by atoms with Gasteiger partial charge in [0, 0.05) is 12.7 Å². The molecule has 1 heterocycles. The molecule has 2 N–H and O–H groups in total. The Morgan fingerprint density at radius 2 is 2.12 bits per heavy atom. The monoisotopic (exact) mass is 221 g/mol. The predicted molar refractivity (Wildman–Crippen MR) is 63.7 cm³/mol. The zero-order valence-corrected chi connectivity index (χ0v) is 9.70. The van der Waals surface area contributed by atoms with E-state index in [4.69, 9.17) is 4.74 Å². The van der Waals surface area contributed by atoms with E-state index < -0.39 is 0 Å². The van der Waals surface area contributed by atoms with Gasteiger partial charge in [-0.3, -0.25) is 0 Å². The van der Waals surface area contributed by atoms with E-state index >= 15 is 0 Å². The molecule has 0 unspecified atom stereocenters. The number of hydrogen-bond donors (Lipinski definition) is 2. The molecule has 88 valence electrons. The van der Waals surface area contributed by atoms with E-state index in [1.807, 2.05) is 18.2 Å². The third kappa shape index (κ3) is 2.36. The Balaban J connectivity index is 2.22. The molecule has 0 bridgehead atoms. The van der Waals surface area contributed by atoms with Crippen LogP contribution >= 0.6 is 0 Å². The van der Waals surface area contributed by atoms with Gasteiger partial charge in [-0.15, -0.1) is 0 Å². The number of para-hydroxylation sites is 1. The summed E-state index contributed by atoms with van der Waals surface area (Å²) in [4.78, 5) is 0. The Kier molecular flexibility index (Phi) is 3.80. The number of hydrogen-bond acceptors (Lipinski definition) is 3. The molecule has 1 aliphatic heterocycles. The van der Waals surface area contributed by atoms with Gasteiger partial charge in [-0.25, -0.2) is 0 Å². The molecule has 1 fully saturated rings. The summed E-state index contributed by atoms with van der Waals surface area (Å²) in [6.45, 7) is 2.56. The topological polar surface area (TPSA) is 41.5 Å². The molecule has 0 saturated carbocycles. The molecule has 0 spiro atoms. The Bertz CT molecular complexity index is 346. The van der Waals surface area contributed by atoms with Gasteiger partial charge in [-0.2, -0.15) is 0 Å². The summed E-state index contributed by atoms with van der Waals surface area (Å²) in [5, 5.41) is 13.5. The molecule has 0 aromatic heterocycles. The summed E-state index contributed by atoms with van der Waals surface area (Å²) in [6, 6.07) is 5.96. The summed E-state index contributed by atoms with van der Waals surface area (Å²) in [7, 11) is 1.65. The van der Waals surface area contributed by atoms with Crippen molar-refractivity contribution in [2.75, 3.05) is 20.2 Å². The van der Waals surface area contributed by atoms with Gasteiger partial charge in [0.1, 0.15) is 5.75 Å². The maximum Gasteiger partial charge on any atom is 0.124 e. The molecule has 1 aromatic carbocycles. The van der Waals surface area contributed by atoms with Crippen LogP contribution in [0.15, 0.2) is 18.2 Å². The zero-order chi connectivity index (χ0) is 11.4. The largest absolute Gasteiger partial charge is 0.507 e. The lowest BCUT2D eigenvalue weighted by Gasteiger charge is -2.24. The quantitative estimate of drug-likeness (QED) is 0.820. The van der Waals surface area contributed by atoms with Crippen LogP contribution < -0.4 is 5.32 Å². The number of phenolic OH excluding ortho intramolecular Hbond substituents is 1. The molecular formula is C13H19NO2. The van der Waals surface area contributed by atoms with Crippen LogP contribution in [0.1, 0.15) is 29.9 Å². The highest BCUT2D eigenvalue weighted by Gasteiger charge is 2.19. The first kappa shape index (κ1) is 11.4. The van der Waals surface area contributed by atoms with Gasteiger partial charge < -0.3 is 15.2 Å². The lowest BCUT2D eigenvalue weighted by molar-refractivity contribution is 0.181. The number of nitrogens with one attached hydrogen (secondary N) is 1. The highest BCUT2D eigenvalue weighted by molar-refractivity contribution is 5.42. The van der Waals surface area contributed by atoms with Crippen molar-refractivity contribution >= 4 is 0 Å². The van der Waals surface area contributed by atoms with Crippen LogP contribution in [-0.4, -0.2) is 25.3 Å². The minimum atomic E-state index is 0.427. The van der Waals surface area contributed by atoms with Crippen LogP contribution in [0.3, 0.4) is 0 Å². The summed E-state index contributed by atoms with van der Waals surface area (Å²) in [5.41, 5.74) is 1.97. The minimum Gasteiger partial charge on any atom is -0.507 e. The number of methoxy groups -OCH3 is 1. The molecule has 0 aliphatic carbocycles. The van der Waals surface area contributed by atoms with E-state index in [9.17, 15) is 5.11 Å². The second-order valence-electron chi connectivity index (χ2n) is 4.31. The second kappa shape index (κ2) is 5.32. The van der Waals surface area contributed by atoms with E-state index in [0.717, 1.165) is 37.1 Å². The minimum absolute atomic E-state index is 0.427. The van der Waals surface area contributed by atoms with Crippen molar-refractivity contribution in [1.29, 1.82) is 0 Å². The maximum atomic E-state index is 10.2. The highest BCUT2D eigenvalue weighted by Crippen LogP contribution is 2.34. The fourth-order valence-electron chi connectivity index (χ4n) is 2.35. The second-order valence-corrected chi connectivity index (χ2v) is 4.31.